The molecule has 2 aliphatic heterocycles. The maximum absolute atomic E-state index is 14.6. The molecule has 10 nitrogen and oxygen atoms in total. The Balaban J connectivity index is 1.23. The molecule has 0 saturated carbocycles. The molecule has 2 aromatic carbocycles. The summed E-state index contributed by atoms with van der Waals surface area (Å²) in [6.45, 7) is 1.87. The Morgan fingerprint density at radius 3 is 2.50 bits per heavy atom. The fourth-order valence-corrected chi connectivity index (χ4v) is 5.41. The number of benzene rings is 2. The molecule has 2 saturated heterocycles. The monoisotopic (exact) mass is 604 g/mol. The van der Waals surface area contributed by atoms with Crippen LogP contribution in [-0.2, 0) is 11.8 Å². The van der Waals surface area contributed by atoms with Crippen molar-refractivity contribution in [2.75, 3.05) is 51.4 Å². The molecule has 0 bridgehead atoms. The van der Waals surface area contributed by atoms with Crippen LogP contribution in [0.5, 0.6) is 5.75 Å². The zero-order valence-electron chi connectivity index (χ0n) is 22.6. The maximum Gasteiger partial charge on any atom is 0.291 e. The molecule has 1 unspecified atom stereocenters. The van der Waals surface area contributed by atoms with E-state index in [4.69, 9.17) is 11.6 Å². The van der Waals surface area contributed by atoms with Gasteiger partial charge in [-0.25, -0.2) is 13.8 Å². The Labute approximate surface area is 244 Å². The summed E-state index contributed by atoms with van der Waals surface area (Å²) in [6, 6.07) is 6.74. The van der Waals surface area contributed by atoms with Crippen LogP contribution in [0.4, 0.5) is 18.9 Å². The topological polar surface area (TPSA) is 109 Å². The number of hydrogen-bond donors (Lipinski definition) is 2. The van der Waals surface area contributed by atoms with Crippen LogP contribution in [0.2, 0.25) is 5.02 Å². The van der Waals surface area contributed by atoms with E-state index < -0.39 is 30.2 Å². The van der Waals surface area contributed by atoms with Gasteiger partial charge in [-0.05, 0) is 43.3 Å². The number of ether oxygens (including phenoxy) is 1. The normalized spacial score (nSPS) is 16.9. The number of aromatic nitrogens is 2. The molecular weight excluding hydrogens is 577 g/mol. The molecule has 3 heterocycles. The van der Waals surface area contributed by atoms with Gasteiger partial charge in [0.15, 0.2) is 17.4 Å². The number of nitrogens with one attached hydrogen (secondary N) is 2. The van der Waals surface area contributed by atoms with Crippen LogP contribution in [0.3, 0.4) is 0 Å². The molecule has 14 heteroatoms. The average Bonchev–Trinajstić information content (AvgIpc) is 3.66. The molecule has 3 amide bonds. The van der Waals surface area contributed by atoms with Crippen LogP contribution in [0.25, 0.3) is 11.3 Å². The lowest BCUT2D eigenvalue weighted by Crippen LogP contribution is -2.52. The second-order valence-electron chi connectivity index (χ2n) is 9.97. The van der Waals surface area contributed by atoms with Crippen LogP contribution >= 0.6 is 11.6 Å². The lowest BCUT2D eigenvalue weighted by atomic mass is 10.1. The van der Waals surface area contributed by atoms with E-state index in [2.05, 4.69) is 20.4 Å². The highest BCUT2D eigenvalue weighted by molar-refractivity contribution is 6.34. The minimum atomic E-state index is -1.36. The van der Waals surface area contributed by atoms with Crippen LogP contribution in [0, 0.1) is 17.6 Å². The molecule has 1 aromatic heterocycles. The zero-order valence-corrected chi connectivity index (χ0v) is 23.4. The second kappa shape index (κ2) is 12.4. The van der Waals surface area contributed by atoms with Crippen molar-refractivity contribution in [3.63, 3.8) is 0 Å². The molecule has 2 aliphatic rings. The van der Waals surface area contributed by atoms with E-state index in [1.807, 2.05) is 0 Å². The first-order valence-corrected chi connectivity index (χ1v) is 13.7. The number of hydrogen-bond acceptors (Lipinski definition) is 6. The van der Waals surface area contributed by atoms with Crippen LogP contribution < -0.4 is 15.4 Å². The summed E-state index contributed by atoms with van der Waals surface area (Å²) in [5.41, 5.74) is 0.450. The van der Waals surface area contributed by atoms with Gasteiger partial charge in [0, 0.05) is 51.0 Å². The number of amides is 3. The van der Waals surface area contributed by atoms with Gasteiger partial charge in [0.1, 0.15) is 0 Å². The summed E-state index contributed by atoms with van der Waals surface area (Å²) < 4.78 is 47.0. The number of piperazine rings is 1. The SMILES string of the molecule is Cn1c(-c2ccc(OCF)c(F)c2F)cnc1C(=O)Nc1ccc(C(=O)N2CCN(C(=O)C3CCNC3)CC2)c(Cl)c1. The minimum Gasteiger partial charge on any atom is -0.460 e. The van der Waals surface area contributed by atoms with Gasteiger partial charge in [0.25, 0.3) is 11.8 Å². The summed E-state index contributed by atoms with van der Waals surface area (Å²) in [5.74, 6) is -4.16. The number of alkyl halides is 1. The first-order valence-electron chi connectivity index (χ1n) is 13.3. The molecule has 0 aliphatic carbocycles. The predicted molar refractivity (Wildman–Crippen MR) is 148 cm³/mol. The van der Waals surface area contributed by atoms with Gasteiger partial charge in [-0.15, -0.1) is 0 Å². The summed E-state index contributed by atoms with van der Waals surface area (Å²) in [7, 11) is 1.45. The number of rotatable bonds is 7. The smallest absolute Gasteiger partial charge is 0.291 e. The Morgan fingerprint density at radius 1 is 1.10 bits per heavy atom. The molecule has 5 rings (SSSR count). The lowest BCUT2D eigenvalue weighted by Gasteiger charge is -2.36. The highest BCUT2D eigenvalue weighted by atomic mass is 35.5. The van der Waals surface area contributed by atoms with Crippen LogP contribution in [-0.4, -0.2) is 83.2 Å². The molecule has 0 spiro atoms. The lowest BCUT2D eigenvalue weighted by molar-refractivity contribution is -0.136. The Bertz CT molecular complexity index is 1520. The van der Waals surface area contributed by atoms with E-state index in [9.17, 15) is 27.6 Å². The Hall–Kier alpha value is -4.10. The van der Waals surface area contributed by atoms with Crippen molar-refractivity contribution in [3.05, 3.63) is 64.6 Å². The molecule has 2 fully saturated rings. The highest BCUT2D eigenvalue weighted by Gasteiger charge is 2.31. The molecule has 2 N–H and O–H groups in total. The van der Waals surface area contributed by atoms with E-state index >= 15 is 0 Å². The Kier molecular flexibility index (Phi) is 8.69. The molecule has 1 atom stereocenters. The summed E-state index contributed by atoms with van der Waals surface area (Å²) in [5, 5.41) is 5.96. The van der Waals surface area contributed by atoms with Crippen molar-refractivity contribution in [2.24, 2.45) is 13.0 Å². The van der Waals surface area contributed by atoms with Gasteiger partial charge < -0.3 is 29.7 Å². The molecule has 0 radical (unpaired) electrons. The van der Waals surface area contributed by atoms with Crippen molar-refractivity contribution in [2.45, 2.75) is 6.42 Å². The van der Waals surface area contributed by atoms with E-state index in [1.54, 1.807) is 9.80 Å². The van der Waals surface area contributed by atoms with Crippen molar-refractivity contribution in [1.82, 2.24) is 24.7 Å². The second-order valence-corrected chi connectivity index (χ2v) is 10.4. The third-order valence-electron chi connectivity index (χ3n) is 7.47. The van der Waals surface area contributed by atoms with Gasteiger partial charge in [0.2, 0.25) is 18.6 Å². The number of carbonyl (C=O) groups excluding carboxylic acids is 3. The molecule has 3 aromatic rings. The minimum absolute atomic E-state index is 0.0130. The van der Waals surface area contributed by atoms with E-state index in [-0.39, 0.29) is 51.1 Å². The number of halogens is 4. The number of carbonyl (C=O) groups is 3. The van der Waals surface area contributed by atoms with Gasteiger partial charge in [-0.2, -0.15) is 4.39 Å². The Morgan fingerprint density at radius 2 is 1.83 bits per heavy atom. The van der Waals surface area contributed by atoms with E-state index in [1.165, 1.54) is 42.1 Å². The molecule has 42 heavy (non-hydrogen) atoms. The van der Waals surface area contributed by atoms with E-state index in [0.29, 0.717) is 32.7 Å². The third-order valence-corrected chi connectivity index (χ3v) is 7.78. The zero-order chi connectivity index (χ0) is 30.0. The average molecular weight is 605 g/mol. The summed E-state index contributed by atoms with van der Waals surface area (Å²) in [6.07, 6.45) is 2.03. The van der Waals surface area contributed by atoms with E-state index in [0.717, 1.165) is 19.0 Å². The van der Waals surface area contributed by atoms with Gasteiger partial charge in [0.05, 0.1) is 28.4 Å². The first-order chi connectivity index (χ1) is 20.2. The fraction of sp³-hybridized carbons (Fsp3) is 0.357. The van der Waals surface area contributed by atoms with Crippen molar-refractivity contribution < 1.29 is 32.3 Å². The van der Waals surface area contributed by atoms with Gasteiger partial charge in [-0.3, -0.25) is 14.4 Å². The van der Waals surface area contributed by atoms with Gasteiger partial charge in [-0.1, -0.05) is 11.6 Å². The summed E-state index contributed by atoms with van der Waals surface area (Å²) in [4.78, 5) is 46.2. The van der Waals surface area contributed by atoms with Crippen molar-refractivity contribution >= 4 is 35.0 Å². The number of anilines is 1. The number of imidazole rings is 1. The predicted octanol–water partition coefficient (Wildman–Crippen LogP) is 3.47. The largest absolute Gasteiger partial charge is 0.460 e. The van der Waals surface area contributed by atoms with Crippen LogP contribution in [0.1, 0.15) is 27.4 Å². The quantitative estimate of drug-likeness (QED) is 0.428. The van der Waals surface area contributed by atoms with Crippen LogP contribution in [0.15, 0.2) is 36.5 Å². The standard InChI is InChI=1S/C28H28ClF3N6O4/c1-36-21(19-4-5-22(42-15-30)24(32)23(19)31)14-34-25(36)26(39)35-17-2-3-18(20(29)12-17)28(41)38-10-8-37(9-11-38)27(40)16-6-7-33-13-16/h2-5,12,14,16,33H,6-11,13,15H2,1H3,(H,35,39). The first kappa shape index (κ1) is 29.4. The number of nitrogens with zero attached hydrogens (tertiary/aromatic N) is 4. The highest BCUT2D eigenvalue weighted by Crippen LogP contribution is 2.30. The molecular formula is C28H28ClF3N6O4. The maximum atomic E-state index is 14.6. The van der Waals surface area contributed by atoms with Crippen molar-refractivity contribution in [3.8, 4) is 17.0 Å². The van der Waals surface area contributed by atoms with Crippen molar-refractivity contribution in [1.29, 1.82) is 0 Å². The third kappa shape index (κ3) is 5.79. The summed E-state index contributed by atoms with van der Waals surface area (Å²) >= 11 is 6.42. The fourth-order valence-electron chi connectivity index (χ4n) is 5.15. The molecule has 222 valence electrons. The van der Waals surface area contributed by atoms with Gasteiger partial charge >= 0.3 is 0 Å².